The van der Waals surface area contributed by atoms with E-state index in [4.69, 9.17) is 11.6 Å². The Morgan fingerprint density at radius 1 is 1.47 bits per heavy atom. The molecule has 0 radical (unpaired) electrons. The molecule has 0 unspecified atom stereocenters. The maximum absolute atomic E-state index is 12.4. The van der Waals surface area contributed by atoms with Gasteiger partial charge in [0.25, 0.3) is 5.91 Å². The third-order valence-electron chi connectivity index (χ3n) is 3.78. The van der Waals surface area contributed by atoms with Crippen molar-refractivity contribution in [2.75, 3.05) is 7.05 Å². The monoisotopic (exact) mass is 277 g/mol. The average Bonchev–Trinajstić information content (AvgIpc) is 2.46. The molecule has 0 saturated heterocycles. The molecule has 1 aromatic heterocycles. The molecule has 0 N–H and O–H groups in total. The fourth-order valence-electron chi connectivity index (χ4n) is 2.55. The predicted octanol–water partition coefficient (Wildman–Crippen LogP) is 3.03. The fourth-order valence-corrected chi connectivity index (χ4v) is 2.71. The van der Waals surface area contributed by atoms with E-state index in [0.29, 0.717) is 5.02 Å². The van der Waals surface area contributed by atoms with Crippen molar-refractivity contribution in [2.45, 2.75) is 37.6 Å². The van der Waals surface area contributed by atoms with Gasteiger partial charge in [0.1, 0.15) is 11.2 Å². The Hall–Kier alpha value is -1.60. The summed E-state index contributed by atoms with van der Waals surface area (Å²) in [5.74, 6) is -0.244. The van der Waals surface area contributed by atoms with Crippen LogP contribution in [0.25, 0.3) is 0 Å². The van der Waals surface area contributed by atoms with Gasteiger partial charge in [0.15, 0.2) is 0 Å². The van der Waals surface area contributed by atoms with Crippen molar-refractivity contribution in [3.05, 3.63) is 29.0 Å². The summed E-state index contributed by atoms with van der Waals surface area (Å²) < 4.78 is 0. The maximum Gasteiger partial charge on any atom is 0.273 e. The summed E-state index contributed by atoms with van der Waals surface area (Å²) in [7, 11) is 1.68. The molecular formula is C14H16ClN3O. The van der Waals surface area contributed by atoms with Crippen LogP contribution in [0, 0.1) is 11.3 Å². The first-order valence-electron chi connectivity index (χ1n) is 6.40. The number of carbonyl (C=O) groups excluding carboxylic acids is 1. The third kappa shape index (κ3) is 2.71. The van der Waals surface area contributed by atoms with Crippen LogP contribution in [0.15, 0.2) is 18.3 Å². The lowest BCUT2D eigenvalue weighted by Crippen LogP contribution is -2.50. The quantitative estimate of drug-likeness (QED) is 0.835. The van der Waals surface area contributed by atoms with Crippen molar-refractivity contribution in [1.82, 2.24) is 9.88 Å². The molecule has 0 aliphatic heterocycles. The second-order valence-electron chi connectivity index (χ2n) is 4.93. The van der Waals surface area contributed by atoms with Crippen LogP contribution in [-0.4, -0.2) is 28.4 Å². The summed E-state index contributed by atoms with van der Waals surface area (Å²) in [5.41, 5.74) is -0.408. The Kier molecular flexibility index (Phi) is 4.06. The average molecular weight is 278 g/mol. The molecule has 1 amide bonds. The number of aromatic nitrogens is 1. The minimum Gasteiger partial charge on any atom is -0.322 e. The smallest absolute Gasteiger partial charge is 0.273 e. The molecule has 1 aliphatic carbocycles. The highest BCUT2D eigenvalue weighted by Crippen LogP contribution is 2.33. The van der Waals surface area contributed by atoms with E-state index in [1.54, 1.807) is 13.1 Å². The van der Waals surface area contributed by atoms with Gasteiger partial charge in [-0.25, -0.2) is 0 Å². The van der Waals surface area contributed by atoms with Crippen molar-refractivity contribution in [3.63, 3.8) is 0 Å². The minimum absolute atomic E-state index is 0.244. The summed E-state index contributed by atoms with van der Waals surface area (Å²) in [6.45, 7) is 0. The second kappa shape index (κ2) is 5.58. The largest absolute Gasteiger partial charge is 0.322 e. The predicted molar refractivity (Wildman–Crippen MR) is 72.8 cm³/mol. The van der Waals surface area contributed by atoms with E-state index in [-0.39, 0.29) is 11.6 Å². The van der Waals surface area contributed by atoms with E-state index >= 15 is 0 Å². The number of rotatable bonds is 2. The van der Waals surface area contributed by atoms with Crippen LogP contribution >= 0.6 is 11.6 Å². The summed E-state index contributed by atoms with van der Waals surface area (Å²) in [6.07, 6.45) is 6.05. The van der Waals surface area contributed by atoms with Crippen molar-refractivity contribution in [3.8, 4) is 6.07 Å². The molecule has 1 heterocycles. The fraction of sp³-hybridized carbons (Fsp3) is 0.500. The molecule has 0 aromatic carbocycles. The Bertz CT molecular complexity index is 518. The third-order valence-corrected chi connectivity index (χ3v) is 4.01. The zero-order chi connectivity index (χ0) is 13.9. The number of nitriles is 1. The van der Waals surface area contributed by atoms with Gasteiger partial charge < -0.3 is 4.90 Å². The van der Waals surface area contributed by atoms with Gasteiger partial charge in [-0.2, -0.15) is 5.26 Å². The highest BCUT2D eigenvalue weighted by Gasteiger charge is 2.39. The van der Waals surface area contributed by atoms with Gasteiger partial charge in [0.2, 0.25) is 0 Å². The first kappa shape index (κ1) is 13.8. The molecule has 4 nitrogen and oxygen atoms in total. The number of amides is 1. The molecule has 5 heteroatoms. The summed E-state index contributed by atoms with van der Waals surface area (Å²) in [4.78, 5) is 18.0. The normalized spacial score (nSPS) is 17.5. The molecule has 1 aliphatic rings. The number of hydrogen-bond donors (Lipinski definition) is 0. The minimum atomic E-state index is -0.695. The van der Waals surface area contributed by atoms with Gasteiger partial charge in [-0.15, -0.1) is 0 Å². The van der Waals surface area contributed by atoms with E-state index in [1.165, 1.54) is 17.2 Å². The molecule has 0 atom stereocenters. The van der Waals surface area contributed by atoms with Gasteiger partial charge in [0.05, 0.1) is 6.07 Å². The van der Waals surface area contributed by atoms with E-state index in [1.807, 2.05) is 0 Å². The molecule has 100 valence electrons. The van der Waals surface area contributed by atoms with Crippen molar-refractivity contribution in [1.29, 1.82) is 5.26 Å². The summed E-state index contributed by atoms with van der Waals surface area (Å²) in [6, 6.07) is 5.49. The molecule has 2 rings (SSSR count). The van der Waals surface area contributed by atoms with E-state index in [9.17, 15) is 10.1 Å². The van der Waals surface area contributed by atoms with Crippen LogP contribution in [0.5, 0.6) is 0 Å². The first-order chi connectivity index (χ1) is 9.09. The molecule has 1 fully saturated rings. The van der Waals surface area contributed by atoms with Crippen molar-refractivity contribution >= 4 is 17.5 Å². The first-order valence-corrected chi connectivity index (χ1v) is 6.78. The molecule has 0 bridgehead atoms. The maximum atomic E-state index is 12.4. The molecule has 0 spiro atoms. The van der Waals surface area contributed by atoms with Gasteiger partial charge in [0, 0.05) is 18.3 Å². The molecule has 1 saturated carbocycles. The van der Waals surface area contributed by atoms with Crippen LogP contribution in [-0.2, 0) is 0 Å². The van der Waals surface area contributed by atoms with Crippen molar-refractivity contribution in [2.24, 2.45) is 0 Å². The number of pyridine rings is 1. The molecule has 1 aromatic rings. The Balaban J connectivity index is 2.25. The van der Waals surface area contributed by atoms with Gasteiger partial charge in [-0.1, -0.05) is 30.9 Å². The zero-order valence-corrected chi connectivity index (χ0v) is 11.7. The number of nitrogens with zero attached hydrogens (tertiary/aromatic N) is 3. The lowest BCUT2D eigenvalue weighted by atomic mass is 9.81. The Morgan fingerprint density at radius 2 is 2.16 bits per heavy atom. The van der Waals surface area contributed by atoms with Crippen molar-refractivity contribution < 1.29 is 4.79 Å². The van der Waals surface area contributed by atoms with E-state index in [2.05, 4.69) is 11.1 Å². The van der Waals surface area contributed by atoms with E-state index < -0.39 is 5.54 Å². The standard InChI is InChI=1S/C14H16ClN3O/c1-18(14(10-16)6-3-2-4-7-14)13(19)12-9-11(15)5-8-17-12/h5,8-9H,2-4,6-7H2,1H3. The number of hydrogen-bond acceptors (Lipinski definition) is 3. The van der Waals surface area contributed by atoms with E-state index in [0.717, 1.165) is 32.1 Å². The highest BCUT2D eigenvalue weighted by atomic mass is 35.5. The summed E-state index contributed by atoms with van der Waals surface area (Å²) in [5, 5.41) is 9.95. The van der Waals surface area contributed by atoms with Crippen LogP contribution in [0.2, 0.25) is 5.02 Å². The number of halogens is 1. The second-order valence-corrected chi connectivity index (χ2v) is 5.36. The Morgan fingerprint density at radius 3 is 2.74 bits per heavy atom. The van der Waals surface area contributed by atoms with Gasteiger partial charge in [-0.3, -0.25) is 9.78 Å². The number of carbonyl (C=O) groups is 1. The molecular weight excluding hydrogens is 262 g/mol. The van der Waals surface area contributed by atoms with Crippen LogP contribution in [0.1, 0.15) is 42.6 Å². The lowest BCUT2D eigenvalue weighted by molar-refractivity contribution is 0.0583. The lowest BCUT2D eigenvalue weighted by Gasteiger charge is -2.38. The van der Waals surface area contributed by atoms with Crippen LogP contribution in [0.4, 0.5) is 0 Å². The van der Waals surface area contributed by atoms with Crippen LogP contribution in [0.3, 0.4) is 0 Å². The molecule has 19 heavy (non-hydrogen) atoms. The van der Waals surface area contributed by atoms with Crippen LogP contribution < -0.4 is 0 Å². The zero-order valence-electron chi connectivity index (χ0n) is 10.9. The topological polar surface area (TPSA) is 57.0 Å². The summed E-state index contributed by atoms with van der Waals surface area (Å²) >= 11 is 5.87. The van der Waals surface area contributed by atoms with Gasteiger partial charge in [-0.05, 0) is 25.0 Å². The Labute approximate surface area is 118 Å². The van der Waals surface area contributed by atoms with Gasteiger partial charge >= 0.3 is 0 Å². The SMILES string of the molecule is CN(C(=O)c1cc(Cl)ccn1)C1(C#N)CCCCC1. The highest BCUT2D eigenvalue weighted by molar-refractivity contribution is 6.30.